The molecule has 0 spiro atoms. The first kappa shape index (κ1) is 31.3. The van der Waals surface area contributed by atoms with Crippen LogP contribution in [0.5, 0.6) is 5.75 Å². The fraction of sp³-hybridized carbons (Fsp3) is 0.303. The van der Waals surface area contributed by atoms with Crippen LogP contribution in [0, 0.1) is 0 Å². The Morgan fingerprint density at radius 2 is 1.78 bits per heavy atom. The average Bonchev–Trinajstić information content (AvgIpc) is 3.78. The molecule has 13 heteroatoms. The molecule has 46 heavy (non-hydrogen) atoms. The van der Waals surface area contributed by atoms with Crippen LogP contribution in [0.15, 0.2) is 84.1 Å². The number of aliphatic imine (C=N–C) groups is 1. The monoisotopic (exact) mass is 648 g/mol. The van der Waals surface area contributed by atoms with E-state index >= 15 is 0 Å². The third kappa shape index (κ3) is 7.09. The molecule has 1 aliphatic heterocycles. The quantitative estimate of drug-likeness (QED) is 0.224. The van der Waals surface area contributed by atoms with E-state index in [1.54, 1.807) is 4.90 Å². The summed E-state index contributed by atoms with van der Waals surface area (Å²) in [6.07, 6.45) is -0.769. The van der Waals surface area contributed by atoms with Gasteiger partial charge in [0, 0.05) is 11.6 Å². The number of anilines is 1. The Hall–Kier alpha value is -4.65. The number of benzene rings is 3. The summed E-state index contributed by atoms with van der Waals surface area (Å²) >= 11 is 1.27. The van der Waals surface area contributed by atoms with Crippen LogP contribution in [0.25, 0.3) is 17.1 Å². The first-order chi connectivity index (χ1) is 22.0. The highest BCUT2D eigenvalue weighted by Crippen LogP contribution is 2.36. The van der Waals surface area contributed by atoms with Gasteiger partial charge in [-0.05, 0) is 72.6 Å². The topological polar surface area (TPSA) is 102 Å². The predicted molar refractivity (Wildman–Crippen MR) is 170 cm³/mol. The van der Waals surface area contributed by atoms with E-state index in [0.29, 0.717) is 16.7 Å². The molecule has 1 aliphatic carbocycles. The molecule has 3 aromatic carbocycles. The van der Waals surface area contributed by atoms with Gasteiger partial charge in [0.25, 0.3) is 0 Å². The van der Waals surface area contributed by atoms with Gasteiger partial charge in [-0.1, -0.05) is 68.1 Å². The van der Waals surface area contributed by atoms with E-state index in [9.17, 15) is 22.8 Å². The summed E-state index contributed by atoms with van der Waals surface area (Å²) in [5.74, 6) is 0.777. The molecule has 4 aromatic rings. The molecular formula is C33H31F3N6O3S. The fourth-order valence-electron chi connectivity index (χ4n) is 5.79. The second-order valence-electron chi connectivity index (χ2n) is 11.5. The fourth-order valence-corrected chi connectivity index (χ4v) is 6.65. The normalized spacial score (nSPS) is 19.3. The molecule has 2 fully saturated rings. The minimum Gasteiger partial charge on any atom is -0.406 e. The van der Waals surface area contributed by atoms with Crippen LogP contribution in [-0.4, -0.2) is 50.0 Å². The number of nitrogens with one attached hydrogen (secondary N) is 1. The number of thioether (sulfide) groups is 1. The molecule has 0 bridgehead atoms. The lowest BCUT2D eigenvalue weighted by Gasteiger charge is -2.21. The van der Waals surface area contributed by atoms with Gasteiger partial charge >= 0.3 is 12.4 Å². The van der Waals surface area contributed by atoms with Gasteiger partial charge in [0.15, 0.2) is 11.0 Å². The lowest BCUT2D eigenvalue weighted by molar-refractivity contribution is -0.274. The summed E-state index contributed by atoms with van der Waals surface area (Å²) in [6.45, 7) is 4.13. The zero-order valence-corrected chi connectivity index (χ0v) is 25.9. The molecule has 6 rings (SSSR count). The highest BCUT2D eigenvalue weighted by Gasteiger charge is 2.33. The van der Waals surface area contributed by atoms with Crippen LogP contribution in [-0.2, 0) is 4.79 Å². The molecular weight excluding hydrogens is 617 g/mol. The number of carbonyl (C=O) groups is 2. The molecule has 1 saturated heterocycles. The van der Waals surface area contributed by atoms with Gasteiger partial charge in [0.1, 0.15) is 12.1 Å². The van der Waals surface area contributed by atoms with Gasteiger partial charge in [-0.15, -0.1) is 18.3 Å². The smallest absolute Gasteiger partial charge is 0.406 e. The summed E-state index contributed by atoms with van der Waals surface area (Å²) in [7, 11) is 0. The number of amides is 3. The van der Waals surface area contributed by atoms with E-state index < -0.39 is 12.4 Å². The van der Waals surface area contributed by atoms with E-state index in [-0.39, 0.29) is 35.3 Å². The lowest BCUT2D eigenvalue weighted by atomic mass is 9.96. The summed E-state index contributed by atoms with van der Waals surface area (Å²) in [4.78, 5) is 35.9. The minimum absolute atomic E-state index is 0.0367. The first-order valence-corrected chi connectivity index (χ1v) is 15.8. The molecule has 1 saturated carbocycles. The average molecular weight is 649 g/mol. The number of rotatable bonds is 7. The van der Waals surface area contributed by atoms with Crippen molar-refractivity contribution in [3.8, 4) is 22.8 Å². The van der Waals surface area contributed by atoms with Gasteiger partial charge in [0.2, 0.25) is 5.91 Å². The van der Waals surface area contributed by atoms with E-state index in [1.807, 2.05) is 48.5 Å². The summed E-state index contributed by atoms with van der Waals surface area (Å²) in [5.41, 5.74) is 4.26. The number of aromatic nitrogens is 3. The van der Waals surface area contributed by atoms with Crippen molar-refractivity contribution in [1.82, 2.24) is 20.1 Å². The highest BCUT2D eigenvalue weighted by molar-refractivity contribution is 8.15. The van der Waals surface area contributed by atoms with Crippen LogP contribution in [0.3, 0.4) is 0 Å². The molecule has 238 valence electrons. The van der Waals surface area contributed by atoms with Gasteiger partial charge < -0.3 is 10.1 Å². The van der Waals surface area contributed by atoms with Crippen molar-refractivity contribution in [2.45, 2.75) is 57.3 Å². The third-order valence-electron chi connectivity index (χ3n) is 7.99. The van der Waals surface area contributed by atoms with Gasteiger partial charge in [-0.25, -0.2) is 14.5 Å². The largest absolute Gasteiger partial charge is 0.573 e. The molecule has 1 N–H and O–H groups in total. The molecule has 2 atom stereocenters. The molecule has 1 aromatic heterocycles. The zero-order chi connectivity index (χ0) is 32.4. The van der Waals surface area contributed by atoms with Crippen molar-refractivity contribution in [2.75, 3.05) is 10.7 Å². The van der Waals surface area contributed by atoms with Gasteiger partial charge in [-0.3, -0.25) is 9.69 Å². The molecule has 9 nitrogen and oxygen atoms in total. The molecule has 2 aliphatic rings. The maximum absolute atomic E-state index is 13.0. The summed E-state index contributed by atoms with van der Waals surface area (Å²) in [5, 5.41) is 7.90. The number of ether oxygens (including phenoxy) is 1. The van der Waals surface area contributed by atoms with Crippen molar-refractivity contribution < 1.29 is 27.5 Å². The summed E-state index contributed by atoms with van der Waals surface area (Å²) in [6, 6.07) is 20.5. The highest BCUT2D eigenvalue weighted by atomic mass is 32.2. The van der Waals surface area contributed by atoms with Gasteiger partial charge in [0.05, 0.1) is 17.1 Å². The summed E-state index contributed by atoms with van der Waals surface area (Å²) < 4.78 is 42.7. The van der Waals surface area contributed by atoms with Crippen molar-refractivity contribution in [3.05, 3.63) is 90.3 Å². The Balaban J connectivity index is 1.06. The number of urea groups is 1. The number of para-hydroxylation sites is 1. The van der Waals surface area contributed by atoms with Crippen LogP contribution in [0.4, 0.5) is 23.7 Å². The number of alkyl halides is 3. The van der Waals surface area contributed by atoms with Gasteiger partial charge in [-0.2, -0.15) is 4.99 Å². The number of hydrogen-bond donors (Lipinski definition) is 1. The second kappa shape index (κ2) is 13.0. The zero-order valence-electron chi connectivity index (χ0n) is 25.1. The maximum atomic E-state index is 13.0. The van der Waals surface area contributed by atoms with Crippen molar-refractivity contribution in [1.29, 1.82) is 0 Å². The number of amidine groups is 1. The van der Waals surface area contributed by atoms with Crippen LogP contribution < -0.4 is 15.0 Å². The molecule has 2 heterocycles. The molecule has 2 unspecified atom stereocenters. The Labute approximate surface area is 267 Å². The van der Waals surface area contributed by atoms with E-state index in [1.165, 1.54) is 47.0 Å². The Morgan fingerprint density at radius 1 is 1.04 bits per heavy atom. The number of nitrogens with zero attached hydrogens (tertiary/aromatic N) is 5. The molecule has 0 radical (unpaired) electrons. The predicted octanol–water partition coefficient (Wildman–Crippen LogP) is 7.44. The molecule has 3 amide bonds. The minimum atomic E-state index is -4.75. The van der Waals surface area contributed by atoms with Crippen LogP contribution >= 0.6 is 11.8 Å². The first-order valence-electron chi connectivity index (χ1n) is 14.9. The van der Waals surface area contributed by atoms with Crippen molar-refractivity contribution >= 4 is 34.6 Å². The number of hydrogen-bond acceptors (Lipinski definition) is 6. The third-order valence-corrected chi connectivity index (χ3v) is 8.91. The Morgan fingerprint density at radius 3 is 2.50 bits per heavy atom. The van der Waals surface area contributed by atoms with Crippen molar-refractivity contribution in [2.24, 2.45) is 4.99 Å². The van der Waals surface area contributed by atoms with Crippen LogP contribution in [0.2, 0.25) is 0 Å². The number of halogens is 3. The second-order valence-corrected chi connectivity index (χ2v) is 12.4. The number of carbonyl (C=O) groups excluding carboxylic acids is 2. The SMILES string of the molecule is CC(C)c1ccccc1N1C(=O)CS/C1=N\C(=O)NC1CCC(c2ccc(-c3ncn(-c4ccc(OC(F)(F)F)cc4)n3)cc2)C1. The van der Waals surface area contributed by atoms with Crippen molar-refractivity contribution in [3.63, 3.8) is 0 Å². The Bertz CT molecular complexity index is 1760. The maximum Gasteiger partial charge on any atom is 0.573 e. The van der Waals surface area contributed by atoms with E-state index in [0.717, 1.165) is 41.6 Å². The standard InChI is InChI=1S/C33H31F3N6O3S/c1-20(2)27-5-3-4-6-28(27)42-29(43)18-46-32(42)39-31(44)38-24-12-11-23(17-24)21-7-9-22(10-8-21)30-37-19-41(40-30)25-13-15-26(16-14-25)45-33(34,35)36/h3-10,13-16,19-20,23-24H,11-12,17-18H2,1-2H3,(H,38,44)/b39-32-. The van der Waals surface area contributed by atoms with Crippen LogP contribution in [0.1, 0.15) is 56.1 Å². The van der Waals surface area contributed by atoms with E-state index in [2.05, 4.69) is 39.0 Å². The lowest BCUT2D eigenvalue weighted by Crippen LogP contribution is -2.34. The van der Waals surface area contributed by atoms with E-state index in [4.69, 9.17) is 0 Å². The Kier molecular flexibility index (Phi) is 8.85.